The third kappa shape index (κ3) is 3.54. The highest BCUT2D eigenvalue weighted by Crippen LogP contribution is 2.29. The molecule has 1 aromatic rings. The van der Waals surface area contributed by atoms with E-state index in [1.807, 2.05) is 0 Å². The summed E-state index contributed by atoms with van der Waals surface area (Å²) < 4.78 is 0. The third-order valence-electron chi connectivity index (χ3n) is 3.48. The van der Waals surface area contributed by atoms with Gasteiger partial charge in [-0.1, -0.05) is 33.6 Å². The van der Waals surface area contributed by atoms with Crippen molar-refractivity contribution in [2.45, 2.75) is 64.5 Å². The van der Waals surface area contributed by atoms with Gasteiger partial charge >= 0.3 is 0 Å². The van der Waals surface area contributed by atoms with Gasteiger partial charge in [0.05, 0.1) is 9.88 Å². The number of hydrogen-bond acceptors (Lipinski definition) is 4. The van der Waals surface area contributed by atoms with E-state index in [1.165, 1.54) is 25.7 Å². The standard InChI is InChI=1S/C14H23N3OS/c1-14(2,3)13-17-11(12(15)18)10(19-13)8-16-9-6-4-5-7-9/h9,16H,4-8H2,1-3H3,(H2,15,18). The number of amides is 1. The zero-order valence-electron chi connectivity index (χ0n) is 12.0. The molecule has 0 bridgehead atoms. The second-order valence-corrected chi connectivity index (χ2v) is 7.35. The maximum atomic E-state index is 11.5. The lowest BCUT2D eigenvalue weighted by Crippen LogP contribution is -2.26. The molecule has 1 aliphatic rings. The largest absolute Gasteiger partial charge is 0.364 e. The number of carbonyl (C=O) groups excluding carboxylic acids is 1. The van der Waals surface area contributed by atoms with Crippen LogP contribution in [0.2, 0.25) is 0 Å². The van der Waals surface area contributed by atoms with Crippen LogP contribution in [-0.4, -0.2) is 16.9 Å². The molecule has 2 rings (SSSR count). The number of nitrogens with one attached hydrogen (secondary N) is 1. The zero-order chi connectivity index (χ0) is 14.0. The minimum absolute atomic E-state index is 0.0412. The number of aromatic nitrogens is 1. The van der Waals surface area contributed by atoms with Gasteiger partial charge in [0.15, 0.2) is 0 Å². The Balaban J connectivity index is 2.13. The molecule has 5 heteroatoms. The topological polar surface area (TPSA) is 68.0 Å². The fourth-order valence-electron chi connectivity index (χ4n) is 2.35. The van der Waals surface area contributed by atoms with Crippen molar-refractivity contribution in [3.05, 3.63) is 15.6 Å². The molecule has 4 nitrogen and oxygen atoms in total. The molecular weight excluding hydrogens is 258 g/mol. The third-order valence-corrected chi connectivity index (χ3v) is 4.96. The van der Waals surface area contributed by atoms with Crippen LogP contribution in [0.3, 0.4) is 0 Å². The molecule has 0 atom stereocenters. The zero-order valence-corrected chi connectivity index (χ0v) is 12.8. The van der Waals surface area contributed by atoms with Crippen LogP contribution in [-0.2, 0) is 12.0 Å². The molecule has 0 aliphatic heterocycles. The number of thiazole rings is 1. The Hall–Kier alpha value is -0.940. The monoisotopic (exact) mass is 281 g/mol. The molecule has 1 aromatic heterocycles. The molecular formula is C14H23N3OS. The molecule has 106 valence electrons. The minimum Gasteiger partial charge on any atom is -0.364 e. The van der Waals surface area contributed by atoms with Crippen molar-refractivity contribution >= 4 is 17.2 Å². The number of nitrogens with zero attached hydrogens (tertiary/aromatic N) is 1. The molecule has 0 unspecified atom stereocenters. The number of nitrogens with two attached hydrogens (primary N) is 1. The summed E-state index contributed by atoms with van der Waals surface area (Å²) in [6.07, 6.45) is 5.07. The van der Waals surface area contributed by atoms with Crippen LogP contribution in [0.25, 0.3) is 0 Å². The van der Waals surface area contributed by atoms with E-state index in [9.17, 15) is 4.79 Å². The SMILES string of the molecule is CC(C)(C)c1nc(C(N)=O)c(CNC2CCCC2)s1. The second kappa shape index (κ2) is 5.59. The number of carbonyl (C=O) groups is 1. The first-order chi connectivity index (χ1) is 8.88. The van der Waals surface area contributed by atoms with Gasteiger partial charge in [0.25, 0.3) is 5.91 Å². The predicted molar refractivity (Wildman–Crippen MR) is 78.4 cm³/mol. The van der Waals surface area contributed by atoms with E-state index in [0.29, 0.717) is 18.3 Å². The predicted octanol–water partition coefficient (Wildman–Crippen LogP) is 2.57. The van der Waals surface area contributed by atoms with Crippen LogP contribution in [0, 0.1) is 0 Å². The number of rotatable bonds is 4. The molecule has 0 aromatic carbocycles. The highest BCUT2D eigenvalue weighted by molar-refractivity contribution is 7.12. The van der Waals surface area contributed by atoms with Crippen LogP contribution in [0.15, 0.2) is 0 Å². The summed E-state index contributed by atoms with van der Waals surface area (Å²) in [6, 6.07) is 0.584. The average molecular weight is 281 g/mol. The molecule has 0 spiro atoms. The summed E-state index contributed by atoms with van der Waals surface area (Å²) in [7, 11) is 0. The summed E-state index contributed by atoms with van der Waals surface area (Å²) in [5, 5.41) is 4.50. The Morgan fingerprint density at radius 3 is 2.58 bits per heavy atom. The fraction of sp³-hybridized carbons (Fsp3) is 0.714. The summed E-state index contributed by atoms with van der Waals surface area (Å²) in [5.74, 6) is -0.421. The van der Waals surface area contributed by atoms with Crippen molar-refractivity contribution < 1.29 is 4.79 Å². The van der Waals surface area contributed by atoms with Crippen LogP contribution in [0.1, 0.15) is 66.8 Å². The summed E-state index contributed by atoms with van der Waals surface area (Å²) in [5.41, 5.74) is 5.84. The number of primary amides is 1. The maximum Gasteiger partial charge on any atom is 0.268 e. The van der Waals surface area contributed by atoms with Gasteiger partial charge in [0.1, 0.15) is 5.69 Å². The van der Waals surface area contributed by atoms with E-state index in [-0.39, 0.29) is 5.41 Å². The van der Waals surface area contributed by atoms with Gasteiger partial charge in [-0.2, -0.15) is 0 Å². The van der Waals surface area contributed by atoms with Gasteiger partial charge < -0.3 is 11.1 Å². The Morgan fingerprint density at radius 1 is 1.42 bits per heavy atom. The van der Waals surface area contributed by atoms with Crippen LogP contribution >= 0.6 is 11.3 Å². The normalized spacial score (nSPS) is 17.0. The van der Waals surface area contributed by atoms with Crippen LogP contribution < -0.4 is 11.1 Å². The van der Waals surface area contributed by atoms with Crippen molar-refractivity contribution in [3.8, 4) is 0 Å². The van der Waals surface area contributed by atoms with Gasteiger partial charge in [-0.3, -0.25) is 4.79 Å². The van der Waals surface area contributed by atoms with E-state index in [1.54, 1.807) is 11.3 Å². The van der Waals surface area contributed by atoms with Gasteiger partial charge in [0.2, 0.25) is 0 Å². The molecule has 0 radical (unpaired) electrons. The summed E-state index contributed by atoms with van der Waals surface area (Å²) >= 11 is 1.60. The van der Waals surface area contributed by atoms with E-state index >= 15 is 0 Å². The van der Waals surface area contributed by atoms with E-state index in [2.05, 4.69) is 31.1 Å². The minimum atomic E-state index is -0.421. The molecule has 1 fully saturated rings. The van der Waals surface area contributed by atoms with Gasteiger partial charge in [0, 0.05) is 18.0 Å². The Kier molecular flexibility index (Phi) is 4.26. The van der Waals surface area contributed by atoms with Crippen molar-refractivity contribution in [2.24, 2.45) is 5.73 Å². The lowest BCUT2D eigenvalue weighted by Gasteiger charge is -2.13. The first-order valence-corrected chi connectivity index (χ1v) is 7.73. The summed E-state index contributed by atoms with van der Waals surface area (Å²) in [4.78, 5) is 16.9. The van der Waals surface area contributed by atoms with Crippen molar-refractivity contribution in [3.63, 3.8) is 0 Å². The Morgan fingerprint density at radius 2 is 2.05 bits per heavy atom. The molecule has 1 saturated carbocycles. The van der Waals surface area contributed by atoms with Crippen molar-refractivity contribution in [1.82, 2.24) is 10.3 Å². The molecule has 1 aliphatic carbocycles. The molecule has 1 heterocycles. The highest BCUT2D eigenvalue weighted by Gasteiger charge is 2.24. The van der Waals surface area contributed by atoms with Gasteiger partial charge in [-0.25, -0.2) is 4.98 Å². The Labute approximate surface area is 118 Å². The molecule has 0 saturated heterocycles. The van der Waals surface area contributed by atoms with Gasteiger partial charge in [-0.15, -0.1) is 11.3 Å². The van der Waals surface area contributed by atoms with Crippen LogP contribution in [0.5, 0.6) is 0 Å². The number of hydrogen-bond donors (Lipinski definition) is 2. The first-order valence-electron chi connectivity index (χ1n) is 6.91. The van der Waals surface area contributed by atoms with Gasteiger partial charge in [-0.05, 0) is 12.8 Å². The van der Waals surface area contributed by atoms with Crippen molar-refractivity contribution in [1.29, 1.82) is 0 Å². The smallest absolute Gasteiger partial charge is 0.268 e. The van der Waals surface area contributed by atoms with Crippen LogP contribution in [0.4, 0.5) is 0 Å². The first kappa shape index (κ1) is 14.5. The molecule has 1 amide bonds. The average Bonchev–Trinajstić information content (AvgIpc) is 2.94. The van der Waals surface area contributed by atoms with E-state index in [0.717, 1.165) is 9.88 Å². The fourth-order valence-corrected chi connectivity index (χ4v) is 3.43. The lowest BCUT2D eigenvalue weighted by molar-refractivity contribution is 0.0995. The maximum absolute atomic E-state index is 11.5. The lowest BCUT2D eigenvalue weighted by atomic mass is 9.98. The van der Waals surface area contributed by atoms with E-state index in [4.69, 9.17) is 5.73 Å². The van der Waals surface area contributed by atoms with E-state index < -0.39 is 5.91 Å². The summed E-state index contributed by atoms with van der Waals surface area (Å²) in [6.45, 7) is 7.01. The quantitative estimate of drug-likeness (QED) is 0.891. The second-order valence-electron chi connectivity index (χ2n) is 6.27. The molecule has 3 N–H and O–H groups in total. The molecule has 19 heavy (non-hydrogen) atoms. The highest BCUT2D eigenvalue weighted by atomic mass is 32.1. The van der Waals surface area contributed by atoms with Crippen molar-refractivity contribution in [2.75, 3.05) is 0 Å². The Bertz CT molecular complexity index is 456.